The lowest BCUT2D eigenvalue weighted by molar-refractivity contribution is -0.387. The molecule has 2 N–H and O–H groups in total. The van der Waals surface area contributed by atoms with Gasteiger partial charge in [-0.05, 0) is 24.3 Å². The Bertz CT molecular complexity index is 869. The van der Waals surface area contributed by atoms with Crippen LogP contribution in [0.5, 0.6) is 11.5 Å². The number of phenols is 1. The van der Waals surface area contributed by atoms with Crippen molar-refractivity contribution in [1.82, 2.24) is 0 Å². The Morgan fingerprint density at radius 2 is 2.00 bits per heavy atom. The van der Waals surface area contributed by atoms with Crippen molar-refractivity contribution >= 4 is 33.0 Å². The number of rotatable bonds is 5. The highest BCUT2D eigenvalue weighted by molar-refractivity contribution is 7.92. The molecule has 8 nitrogen and oxygen atoms in total. The van der Waals surface area contributed by atoms with Crippen LogP contribution in [-0.4, -0.2) is 25.6 Å². The number of para-hydroxylation sites is 1. The molecular formula is C13H11ClN2O6S. The standard InChI is InChI=1S/C13H11ClN2O6S/c1-22-11-6-5-8(7-10(11)17)15-23(20,21)12-4-2-3-9(14)13(12)16(18)19/h2-7,15,17H,1H3. The zero-order valence-electron chi connectivity index (χ0n) is 11.7. The third kappa shape index (κ3) is 3.46. The second kappa shape index (κ2) is 6.31. The number of hydrogen-bond acceptors (Lipinski definition) is 6. The fourth-order valence-electron chi connectivity index (χ4n) is 1.85. The lowest BCUT2D eigenvalue weighted by Gasteiger charge is -2.10. The predicted octanol–water partition coefficient (Wildman–Crippen LogP) is 2.76. The summed E-state index contributed by atoms with van der Waals surface area (Å²) in [7, 11) is -2.93. The van der Waals surface area contributed by atoms with E-state index in [2.05, 4.69) is 4.72 Å². The second-order valence-corrected chi connectivity index (χ2v) is 6.39. The van der Waals surface area contributed by atoms with Gasteiger partial charge >= 0.3 is 5.69 Å². The molecule has 10 heteroatoms. The topological polar surface area (TPSA) is 119 Å². The van der Waals surface area contributed by atoms with Crippen molar-refractivity contribution in [2.75, 3.05) is 11.8 Å². The number of nitrogens with one attached hydrogen (secondary N) is 1. The summed E-state index contributed by atoms with van der Waals surface area (Å²) >= 11 is 5.71. The summed E-state index contributed by atoms with van der Waals surface area (Å²) in [5.41, 5.74) is -0.711. The molecule has 0 aliphatic rings. The molecule has 0 aliphatic heterocycles. The first-order chi connectivity index (χ1) is 10.8. The smallest absolute Gasteiger partial charge is 0.308 e. The van der Waals surface area contributed by atoms with Crippen molar-refractivity contribution in [2.45, 2.75) is 4.90 Å². The van der Waals surface area contributed by atoms with Crippen molar-refractivity contribution in [2.24, 2.45) is 0 Å². The first-order valence-corrected chi connectivity index (χ1v) is 7.95. The van der Waals surface area contributed by atoms with Gasteiger partial charge in [-0.3, -0.25) is 14.8 Å². The van der Waals surface area contributed by atoms with E-state index in [1.807, 2.05) is 0 Å². The minimum absolute atomic E-state index is 0.0116. The van der Waals surface area contributed by atoms with Gasteiger partial charge < -0.3 is 9.84 Å². The molecule has 2 aromatic rings. The molecule has 0 aromatic heterocycles. The zero-order chi connectivity index (χ0) is 17.2. The Balaban J connectivity index is 2.46. The molecule has 0 fully saturated rings. The van der Waals surface area contributed by atoms with E-state index in [4.69, 9.17) is 16.3 Å². The van der Waals surface area contributed by atoms with Gasteiger partial charge in [-0.2, -0.15) is 0 Å². The number of aromatic hydroxyl groups is 1. The van der Waals surface area contributed by atoms with Gasteiger partial charge in [-0.25, -0.2) is 8.42 Å². The average Bonchev–Trinajstić information content (AvgIpc) is 2.46. The number of nitrogens with zero attached hydrogens (tertiary/aromatic N) is 1. The summed E-state index contributed by atoms with van der Waals surface area (Å²) in [5, 5.41) is 20.4. The highest BCUT2D eigenvalue weighted by Crippen LogP contribution is 2.34. The molecule has 2 aromatic carbocycles. The molecule has 23 heavy (non-hydrogen) atoms. The molecule has 0 amide bonds. The van der Waals surface area contributed by atoms with E-state index in [1.54, 1.807) is 0 Å². The van der Waals surface area contributed by atoms with E-state index in [0.717, 1.165) is 12.1 Å². The first kappa shape index (κ1) is 16.8. The van der Waals surface area contributed by atoms with Crippen molar-refractivity contribution < 1.29 is 23.2 Å². The van der Waals surface area contributed by atoms with Crippen LogP contribution in [0.25, 0.3) is 0 Å². The molecule has 0 heterocycles. The predicted molar refractivity (Wildman–Crippen MR) is 83.6 cm³/mol. The molecular weight excluding hydrogens is 348 g/mol. The van der Waals surface area contributed by atoms with Gasteiger partial charge in [0.25, 0.3) is 10.0 Å². The van der Waals surface area contributed by atoms with Gasteiger partial charge in [-0.15, -0.1) is 0 Å². The molecule has 0 atom stereocenters. The van der Waals surface area contributed by atoms with E-state index < -0.39 is 25.5 Å². The number of ether oxygens (including phenoxy) is 1. The highest BCUT2D eigenvalue weighted by Gasteiger charge is 2.28. The van der Waals surface area contributed by atoms with E-state index in [-0.39, 0.29) is 22.2 Å². The van der Waals surface area contributed by atoms with Crippen LogP contribution in [-0.2, 0) is 10.0 Å². The summed E-state index contributed by atoms with van der Waals surface area (Å²) in [6.45, 7) is 0. The van der Waals surface area contributed by atoms with Gasteiger partial charge in [0.05, 0.1) is 17.7 Å². The number of hydrogen-bond donors (Lipinski definition) is 2. The summed E-state index contributed by atoms with van der Waals surface area (Å²) in [6, 6.07) is 7.38. The maximum absolute atomic E-state index is 12.4. The largest absolute Gasteiger partial charge is 0.504 e. The summed E-state index contributed by atoms with van der Waals surface area (Å²) in [6.07, 6.45) is 0. The van der Waals surface area contributed by atoms with Crippen molar-refractivity contribution in [1.29, 1.82) is 0 Å². The number of phenolic OH excluding ortho intramolecular Hbond substituents is 1. The number of sulfonamides is 1. The minimum atomic E-state index is -4.28. The van der Waals surface area contributed by atoms with Crippen LogP contribution in [0.2, 0.25) is 5.02 Å². The molecule has 0 saturated carbocycles. The van der Waals surface area contributed by atoms with E-state index in [9.17, 15) is 23.6 Å². The van der Waals surface area contributed by atoms with Crippen molar-refractivity contribution in [3.05, 3.63) is 51.5 Å². The first-order valence-electron chi connectivity index (χ1n) is 6.09. The molecule has 0 spiro atoms. The maximum atomic E-state index is 12.4. The lowest BCUT2D eigenvalue weighted by Crippen LogP contribution is -2.15. The number of anilines is 1. The number of nitro benzene ring substituents is 1. The van der Waals surface area contributed by atoms with Gasteiger partial charge in [0, 0.05) is 6.07 Å². The van der Waals surface area contributed by atoms with Crippen LogP contribution in [0.4, 0.5) is 11.4 Å². The third-order valence-corrected chi connectivity index (χ3v) is 4.57. The molecule has 0 unspecified atom stereocenters. The van der Waals surface area contributed by atoms with Crippen molar-refractivity contribution in [3.8, 4) is 11.5 Å². The third-order valence-electron chi connectivity index (χ3n) is 2.85. The second-order valence-electron chi connectivity index (χ2n) is 4.34. The SMILES string of the molecule is COc1ccc(NS(=O)(=O)c2cccc(Cl)c2[N+](=O)[O-])cc1O. The zero-order valence-corrected chi connectivity index (χ0v) is 13.3. The van der Waals surface area contributed by atoms with Gasteiger partial charge in [0.15, 0.2) is 16.4 Å². The molecule has 2 rings (SSSR count). The van der Waals surface area contributed by atoms with Crippen LogP contribution in [0.3, 0.4) is 0 Å². The Kier molecular flexibility index (Phi) is 4.62. The van der Waals surface area contributed by atoms with Crippen LogP contribution in [0.15, 0.2) is 41.3 Å². The monoisotopic (exact) mass is 358 g/mol. The molecule has 0 bridgehead atoms. The van der Waals surface area contributed by atoms with E-state index in [1.165, 1.54) is 31.4 Å². The molecule has 0 radical (unpaired) electrons. The molecule has 0 aliphatic carbocycles. The number of halogens is 1. The maximum Gasteiger partial charge on any atom is 0.308 e. The van der Waals surface area contributed by atoms with Crippen LogP contribution < -0.4 is 9.46 Å². The van der Waals surface area contributed by atoms with Crippen LogP contribution in [0, 0.1) is 10.1 Å². The van der Waals surface area contributed by atoms with Crippen LogP contribution in [0.1, 0.15) is 0 Å². The number of benzene rings is 2. The lowest BCUT2D eigenvalue weighted by atomic mass is 10.3. The summed E-state index contributed by atoms with van der Waals surface area (Å²) in [5.74, 6) is -0.130. The fourth-order valence-corrected chi connectivity index (χ4v) is 3.40. The Morgan fingerprint density at radius 3 is 2.57 bits per heavy atom. The Morgan fingerprint density at radius 1 is 1.30 bits per heavy atom. The summed E-state index contributed by atoms with van der Waals surface area (Å²) < 4.78 is 31.7. The summed E-state index contributed by atoms with van der Waals surface area (Å²) in [4.78, 5) is 9.60. The Hall–Kier alpha value is -2.52. The minimum Gasteiger partial charge on any atom is -0.504 e. The van der Waals surface area contributed by atoms with E-state index >= 15 is 0 Å². The number of nitro groups is 1. The normalized spacial score (nSPS) is 11.0. The number of methoxy groups -OCH3 is 1. The Labute approximate surface area is 136 Å². The van der Waals surface area contributed by atoms with Gasteiger partial charge in [-0.1, -0.05) is 17.7 Å². The fraction of sp³-hybridized carbons (Fsp3) is 0.0769. The van der Waals surface area contributed by atoms with Gasteiger partial charge in [0.1, 0.15) is 5.02 Å². The molecule has 0 saturated heterocycles. The van der Waals surface area contributed by atoms with Crippen molar-refractivity contribution in [3.63, 3.8) is 0 Å². The quantitative estimate of drug-likeness (QED) is 0.626. The average molecular weight is 359 g/mol. The van der Waals surface area contributed by atoms with Crippen LogP contribution >= 0.6 is 11.6 Å². The van der Waals surface area contributed by atoms with Gasteiger partial charge in [0.2, 0.25) is 0 Å². The molecule has 122 valence electrons. The van der Waals surface area contributed by atoms with E-state index in [0.29, 0.717) is 0 Å². The highest BCUT2D eigenvalue weighted by atomic mass is 35.5.